The summed E-state index contributed by atoms with van der Waals surface area (Å²) in [5.74, 6) is 0. The molecule has 0 aliphatic heterocycles. The van der Waals surface area contributed by atoms with Crippen molar-refractivity contribution in [3.8, 4) is 0 Å². The molecule has 0 aliphatic rings. The lowest BCUT2D eigenvalue weighted by molar-refractivity contribution is 0.189. The van der Waals surface area contributed by atoms with Crippen LogP contribution < -0.4 is 0 Å². The SMILES string of the molecule is CC.CC.CCOP(CN(CCCO)CP(=O)(OCC)OCC)OCC. The largest absolute Gasteiger partial charge is 0.396 e. The second-order valence-electron chi connectivity index (χ2n) is 4.37. The third-order valence-corrected chi connectivity index (χ3v) is 6.29. The first kappa shape index (κ1) is 31.1. The van der Waals surface area contributed by atoms with Crippen LogP contribution in [0.3, 0.4) is 0 Å². The highest BCUT2D eigenvalue weighted by Gasteiger charge is 2.28. The van der Waals surface area contributed by atoms with Gasteiger partial charge in [0.15, 0.2) is 8.38 Å². The standard InChI is InChI=1S/C13H31NO6P2.2C2H6/c1-5-17-21(18-6-2)12-14(10-9-11-15)13-22(16,19-7-3)20-8-4;2*1-2/h15H,5-13H2,1-4H3;2*1-2H3. The van der Waals surface area contributed by atoms with Crippen molar-refractivity contribution in [2.45, 2.75) is 61.8 Å². The number of aliphatic hydroxyl groups is 1. The summed E-state index contributed by atoms with van der Waals surface area (Å²) in [5, 5.41) is 9.05. The second-order valence-corrected chi connectivity index (χ2v) is 7.85. The molecule has 0 spiro atoms. The molecule has 0 rings (SSSR count). The zero-order valence-corrected chi connectivity index (χ0v) is 20.0. The third kappa shape index (κ3) is 17.8. The molecule has 7 nitrogen and oxygen atoms in total. The smallest absolute Gasteiger partial charge is 0.344 e. The molecule has 0 aliphatic carbocycles. The van der Waals surface area contributed by atoms with Crippen molar-refractivity contribution in [2.24, 2.45) is 0 Å². The molecule has 0 saturated heterocycles. The monoisotopic (exact) mass is 419 g/mol. The maximum Gasteiger partial charge on any atom is 0.344 e. The summed E-state index contributed by atoms with van der Waals surface area (Å²) in [7, 11) is -4.24. The zero-order chi connectivity index (χ0) is 20.8. The summed E-state index contributed by atoms with van der Waals surface area (Å²) >= 11 is 0. The van der Waals surface area contributed by atoms with Gasteiger partial charge in [-0.05, 0) is 34.1 Å². The Balaban J connectivity index is -0.00000123. The fourth-order valence-corrected chi connectivity index (χ4v) is 5.10. The molecule has 162 valence electrons. The van der Waals surface area contributed by atoms with Gasteiger partial charge in [-0.2, -0.15) is 0 Å². The predicted molar refractivity (Wildman–Crippen MR) is 112 cm³/mol. The minimum atomic E-state index is -3.17. The van der Waals surface area contributed by atoms with Crippen LogP contribution in [0.4, 0.5) is 0 Å². The van der Waals surface area contributed by atoms with Crippen LogP contribution in [-0.2, 0) is 22.7 Å². The van der Waals surface area contributed by atoms with Crippen molar-refractivity contribution < 1.29 is 27.8 Å². The van der Waals surface area contributed by atoms with E-state index in [4.69, 9.17) is 23.2 Å². The molecule has 0 aromatic rings. The summed E-state index contributed by atoms with van der Waals surface area (Å²) in [6.07, 6.45) is 1.27. The van der Waals surface area contributed by atoms with Gasteiger partial charge in [0.2, 0.25) is 0 Å². The molecule has 0 saturated carbocycles. The van der Waals surface area contributed by atoms with E-state index in [-0.39, 0.29) is 12.9 Å². The molecule has 0 heterocycles. The Labute approximate surface area is 163 Å². The highest BCUT2D eigenvalue weighted by Crippen LogP contribution is 2.50. The van der Waals surface area contributed by atoms with Crippen molar-refractivity contribution in [1.29, 1.82) is 0 Å². The van der Waals surface area contributed by atoms with Gasteiger partial charge >= 0.3 is 7.60 Å². The minimum absolute atomic E-state index is 0.0747. The van der Waals surface area contributed by atoms with Crippen LogP contribution in [-0.4, -0.2) is 62.2 Å². The maximum atomic E-state index is 12.7. The molecule has 0 bridgehead atoms. The third-order valence-electron chi connectivity index (χ3n) is 2.52. The molecular weight excluding hydrogens is 376 g/mol. The van der Waals surface area contributed by atoms with Crippen LogP contribution in [0.5, 0.6) is 0 Å². The maximum absolute atomic E-state index is 12.7. The Hall–Kier alpha value is 0.420. The molecule has 0 fully saturated rings. The van der Waals surface area contributed by atoms with Crippen LogP contribution in [0.1, 0.15) is 61.8 Å². The van der Waals surface area contributed by atoms with Crippen LogP contribution in [0.2, 0.25) is 0 Å². The lowest BCUT2D eigenvalue weighted by Gasteiger charge is -2.29. The van der Waals surface area contributed by atoms with E-state index in [1.807, 2.05) is 46.4 Å². The summed E-state index contributed by atoms with van der Waals surface area (Å²) in [5.41, 5.74) is 0. The van der Waals surface area contributed by atoms with Gasteiger partial charge in [0.25, 0.3) is 0 Å². The normalized spacial score (nSPS) is 11.0. The number of rotatable bonds is 15. The van der Waals surface area contributed by atoms with E-state index in [1.165, 1.54) is 0 Å². The number of nitrogens with zero attached hydrogens (tertiary/aromatic N) is 1. The Kier molecular flexibility index (Phi) is 28.1. The Morgan fingerprint density at radius 3 is 1.69 bits per heavy atom. The first-order valence-electron chi connectivity index (χ1n) is 9.79. The summed E-state index contributed by atoms with van der Waals surface area (Å²) in [6.45, 7) is 17.9. The van der Waals surface area contributed by atoms with Gasteiger partial charge in [0, 0.05) is 13.2 Å². The zero-order valence-electron chi connectivity index (χ0n) is 18.2. The number of aliphatic hydroxyl groups excluding tert-OH is 1. The Morgan fingerprint density at radius 2 is 1.35 bits per heavy atom. The van der Waals surface area contributed by atoms with E-state index in [1.54, 1.807) is 13.8 Å². The van der Waals surface area contributed by atoms with Crippen molar-refractivity contribution in [3.05, 3.63) is 0 Å². The van der Waals surface area contributed by atoms with Gasteiger partial charge in [-0.1, -0.05) is 27.7 Å². The second kappa shape index (κ2) is 23.5. The van der Waals surface area contributed by atoms with E-state index in [2.05, 4.69) is 0 Å². The fraction of sp³-hybridized carbons (Fsp3) is 1.00. The summed E-state index contributed by atoms with van der Waals surface area (Å²) in [6, 6.07) is 0. The van der Waals surface area contributed by atoms with Crippen molar-refractivity contribution in [1.82, 2.24) is 4.90 Å². The van der Waals surface area contributed by atoms with Crippen molar-refractivity contribution in [2.75, 3.05) is 52.2 Å². The quantitative estimate of drug-likeness (QED) is 0.361. The van der Waals surface area contributed by atoms with E-state index < -0.39 is 16.0 Å². The minimum Gasteiger partial charge on any atom is -0.396 e. The van der Waals surface area contributed by atoms with E-state index in [9.17, 15) is 4.57 Å². The van der Waals surface area contributed by atoms with Gasteiger partial charge < -0.3 is 23.2 Å². The Morgan fingerprint density at radius 1 is 0.885 bits per heavy atom. The van der Waals surface area contributed by atoms with Gasteiger partial charge in [-0.25, -0.2) is 0 Å². The molecule has 1 N–H and O–H groups in total. The fourth-order valence-electron chi connectivity index (χ4n) is 1.81. The van der Waals surface area contributed by atoms with E-state index in [0.29, 0.717) is 45.7 Å². The summed E-state index contributed by atoms with van der Waals surface area (Å²) < 4.78 is 34.5. The topological polar surface area (TPSA) is 77.5 Å². The average Bonchev–Trinajstić information content (AvgIpc) is 2.64. The molecular formula is C17H43NO6P2. The van der Waals surface area contributed by atoms with Crippen LogP contribution in [0, 0.1) is 0 Å². The van der Waals surface area contributed by atoms with Gasteiger partial charge in [-0.15, -0.1) is 0 Å². The molecule has 0 radical (unpaired) electrons. The Bertz CT molecular complexity index is 295. The van der Waals surface area contributed by atoms with Crippen molar-refractivity contribution >= 4 is 16.0 Å². The molecule has 26 heavy (non-hydrogen) atoms. The highest BCUT2D eigenvalue weighted by atomic mass is 31.2. The molecule has 0 atom stereocenters. The summed E-state index contributed by atoms with van der Waals surface area (Å²) in [4.78, 5) is 1.93. The number of hydrogen-bond acceptors (Lipinski definition) is 7. The van der Waals surface area contributed by atoms with Gasteiger partial charge in [-0.3, -0.25) is 9.46 Å². The average molecular weight is 419 g/mol. The van der Waals surface area contributed by atoms with Crippen LogP contribution in [0.25, 0.3) is 0 Å². The highest BCUT2D eigenvalue weighted by molar-refractivity contribution is 7.53. The van der Waals surface area contributed by atoms with E-state index >= 15 is 0 Å². The van der Waals surface area contributed by atoms with Crippen molar-refractivity contribution in [3.63, 3.8) is 0 Å². The van der Waals surface area contributed by atoms with Gasteiger partial charge in [0.1, 0.15) is 6.29 Å². The lowest BCUT2D eigenvalue weighted by Crippen LogP contribution is -2.29. The van der Waals surface area contributed by atoms with E-state index in [0.717, 1.165) is 0 Å². The number of hydrogen-bond donors (Lipinski definition) is 1. The first-order valence-corrected chi connectivity index (χ1v) is 12.9. The predicted octanol–water partition coefficient (Wildman–Crippen LogP) is 5.29. The first-order chi connectivity index (χ1) is 12.5. The lowest BCUT2D eigenvalue weighted by atomic mass is 10.4. The van der Waals surface area contributed by atoms with Crippen LogP contribution in [0.15, 0.2) is 0 Å². The molecule has 0 amide bonds. The van der Waals surface area contributed by atoms with Crippen LogP contribution >= 0.6 is 16.0 Å². The molecule has 0 aromatic heterocycles. The van der Waals surface area contributed by atoms with Gasteiger partial charge in [0.05, 0.1) is 32.7 Å². The molecule has 0 unspecified atom stereocenters. The molecule has 0 aromatic carbocycles. The molecule has 9 heteroatoms.